The molecule has 1 amide bonds. The lowest BCUT2D eigenvalue weighted by molar-refractivity contribution is 0.0936. The Morgan fingerprint density at radius 3 is 2.95 bits per heavy atom. The summed E-state index contributed by atoms with van der Waals surface area (Å²) < 4.78 is 0. The Hall–Kier alpha value is -2.44. The third-order valence-corrected chi connectivity index (χ3v) is 3.82. The molecule has 2 aromatic rings. The van der Waals surface area contributed by atoms with Crippen LogP contribution in [0.2, 0.25) is 0 Å². The molecule has 1 saturated heterocycles. The van der Waals surface area contributed by atoms with Crippen LogP contribution in [0.3, 0.4) is 0 Å². The fraction of sp³-hybridized carbons (Fsp3) is 0.467. The summed E-state index contributed by atoms with van der Waals surface area (Å²) in [6.45, 7) is 4.35. The summed E-state index contributed by atoms with van der Waals surface area (Å²) in [6.07, 6.45) is 7.35. The molecule has 1 fully saturated rings. The molecular formula is C15H20N6O. The van der Waals surface area contributed by atoms with Gasteiger partial charge in [0.15, 0.2) is 5.82 Å². The summed E-state index contributed by atoms with van der Waals surface area (Å²) in [4.78, 5) is 29.8. The van der Waals surface area contributed by atoms with Crippen LogP contribution in [0.1, 0.15) is 29.2 Å². The monoisotopic (exact) mass is 300 g/mol. The number of H-pyrrole nitrogens is 1. The largest absolute Gasteiger partial charge is 0.349 e. The van der Waals surface area contributed by atoms with Crippen molar-refractivity contribution < 1.29 is 4.79 Å². The fourth-order valence-electron chi connectivity index (χ4n) is 2.72. The van der Waals surface area contributed by atoms with Crippen molar-refractivity contribution in [2.45, 2.75) is 19.8 Å². The number of nitrogens with zero attached hydrogens (tertiary/aromatic N) is 4. The van der Waals surface area contributed by atoms with Crippen LogP contribution in [0.25, 0.3) is 0 Å². The third kappa shape index (κ3) is 3.41. The first-order valence-corrected chi connectivity index (χ1v) is 7.54. The molecule has 0 aliphatic carbocycles. The molecule has 0 spiro atoms. The first-order chi connectivity index (χ1) is 10.7. The van der Waals surface area contributed by atoms with E-state index in [1.165, 1.54) is 0 Å². The van der Waals surface area contributed by atoms with E-state index in [1.54, 1.807) is 18.6 Å². The number of hydrogen-bond donors (Lipinski definition) is 2. The fourth-order valence-corrected chi connectivity index (χ4v) is 2.72. The molecule has 1 aliphatic rings. The minimum Gasteiger partial charge on any atom is -0.349 e. The van der Waals surface area contributed by atoms with Crippen molar-refractivity contribution in [3.05, 3.63) is 36.2 Å². The van der Waals surface area contributed by atoms with Crippen LogP contribution >= 0.6 is 0 Å². The topological polar surface area (TPSA) is 86.8 Å². The average Bonchev–Trinajstić information content (AvgIpc) is 3.00. The van der Waals surface area contributed by atoms with Gasteiger partial charge in [0.1, 0.15) is 0 Å². The number of aromatic nitrogens is 4. The number of piperidine rings is 1. The molecule has 2 aromatic heterocycles. The summed E-state index contributed by atoms with van der Waals surface area (Å²) in [5.74, 6) is 1.38. The van der Waals surface area contributed by atoms with Crippen molar-refractivity contribution >= 4 is 11.9 Å². The van der Waals surface area contributed by atoms with Crippen LogP contribution in [0, 0.1) is 12.8 Å². The van der Waals surface area contributed by atoms with Crippen LogP contribution in [0.15, 0.2) is 24.7 Å². The lowest BCUT2D eigenvalue weighted by Gasteiger charge is -2.32. The van der Waals surface area contributed by atoms with Gasteiger partial charge in [0.25, 0.3) is 5.91 Å². The maximum atomic E-state index is 12.0. The number of nitrogens with one attached hydrogen (secondary N) is 2. The van der Waals surface area contributed by atoms with E-state index in [4.69, 9.17) is 0 Å². The second kappa shape index (κ2) is 6.55. The molecule has 1 atom stereocenters. The van der Waals surface area contributed by atoms with Gasteiger partial charge in [-0.15, -0.1) is 0 Å². The molecule has 0 aromatic carbocycles. The number of aromatic amines is 1. The van der Waals surface area contributed by atoms with Crippen molar-refractivity contribution in [1.29, 1.82) is 0 Å². The summed E-state index contributed by atoms with van der Waals surface area (Å²) in [6, 6.07) is 1.82. The van der Waals surface area contributed by atoms with E-state index in [2.05, 4.69) is 30.2 Å². The normalized spacial score (nSPS) is 18.2. The van der Waals surface area contributed by atoms with Crippen molar-refractivity contribution in [2.75, 3.05) is 24.5 Å². The van der Waals surface area contributed by atoms with E-state index in [0.717, 1.165) is 37.6 Å². The number of anilines is 1. The Bertz CT molecular complexity index is 626. The second-order valence-corrected chi connectivity index (χ2v) is 5.63. The van der Waals surface area contributed by atoms with E-state index >= 15 is 0 Å². The molecule has 3 heterocycles. The minimum atomic E-state index is -0.152. The smallest absolute Gasteiger partial charge is 0.287 e. The Labute approximate surface area is 129 Å². The van der Waals surface area contributed by atoms with Crippen molar-refractivity contribution in [1.82, 2.24) is 25.3 Å². The highest BCUT2D eigenvalue weighted by Crippen LogP contribution is 2.19. The highest BCUT2D eigenvalue weighted by molar-refractivity contribution is 5.90. The zero-order valence-corrected chi connectivity index (χ0v) is 12.6. The summed E-state index contributed by atoms with van der Waals surface area (Å²) in [7, 11) is 0. The van der Waals surface area contributed by atoms with Crippen LogP contribution in [0.5, 0.6) is 0 Å². The average molecular weight is 300 g/mol. The van der Waals surface area contributed by atoms with Crippen LogP contribution in [0.4, 0.5) is 5.95 Å². The highest BCUT2D eigenvalue weighted by Gasteiger charge is 2.22. The second-order valence-electron chi connectivity index (χ2n) is 5.63. The molecule has 22 heavy (non-hydrogen) atoms. The Morgan fingerprint density at radius 1 is 1.41 bits per heavy atom. The summed E-state index contributed by atoms with van der Waals surface area (Å²) in [5.41, 5.74) is 0.884. The number of aryl methyl sites for hydroxylation is 1. The van der Waals surface area contributed by atoms with Crippen molar-refractivity contribution in [2.24, 2.45) is 5.92 Å². The van der Waals surface area contributed by atoms with Gasteiger partial charge in [-0.05, 0) is 31.7 Å². The van der Waals surface area contributed by atoms with E-state index in [0.29, 0.717) is 18.3 Å². The van der Waals surface area contributed by atoms with Gasteiger partial charge in [-0.2, -0.15) is 0 Å². The molecule has 0 bridgehead atoms. The van der Waals surface area contributed by atoms with Gasteiger partial charge < -0.3 is 15.2 Å². The molecule has 3 rings (SSSR count). The van der Waals surface area contributed by atoms with Gasteiger partial charge in [-0.3, -0.25) is 4.79 Å². The van der Waals surface area contributed by atoms with Gasteiger partial charge in [-0.1, -0.05) is 0 Å². The summed E-state index contributed by atoms with van der Waals surface area (Å²) in [5, 5.41) is 2.95. The number of carbonyl (C=O) groups excluding carboxylic acids is 1. The zero-order valence-electron chi connectivity index (χ0n) is 12.6. The highest BCUT2D eigenvalue weighted by atomic mass is 16.2. The van der Waals surface area contributed by atoms with E-state index < -0.39 is 0 Å². The van der Waals surface area contributed by atoms with Crippen molar-refractivity contribution in [3.63, 3.8) is 0 Å². The third-order valence-electron chi connectivity index (χ3n) is 3.82. The Kier molecular flexibility index (Phi) is 4.32. The molecule has 0 saturated carbocycles. The molecule has 0 unspecified atom stereocenters. The Balaban J connectivity index is 1.53. The van der Waals surface area contributed by atoms with Crippen LogP contribution in [-0.2, 0) is 0 Å². The number of hydrogen-bond acceptors (Lipinski definition) is 5. The quantitative estimate of drug-likeness (QED) is 0.884. The number of amides is 1. The molecule has 1 aliphatic heterocycles. The maximum absolute atomic E-state index is 12.0. The Morgan fingerprint density at radius 2 is 2.23 bits per heavy atom. The lowest BCUT2D eigenvalue weighted by Crippen LogP contribution is -2.41. The molecule has 116 valence electrons. The van der Waals surface area contributed by atoms with Gasteiger partial charge >= 0.3 is 0 Å². The predicted octanol–water partition coefficient (Wildman–Crippen LogP) is 1.15. The SMILES string of the molecule is Cc1cnc(C(=O)NC[C@H]2CCCN(c3ncccn3)C2)[nH]1. The standard InChI is InChI=1S/C15H20N6O/c1-11-8-18-13(20-11)14(22)19-9-12-4-2-7-21(10-12)15-16-5-3-6-17-15/h3,5-6,8,12H,2,4,7,9-10H2,1H3,(H,18,20)(H,19,22)/t12-/m1/s1. The summed E-state index contributed by atoms with van der Waals surface area (Å²) >= 11 is 0. The van der Waals surface area contributed by atoms with E-state index in [-0.39, 0.29) is 5.91 Å². The van der Waals surface area contributed by atoms with Crippen molar-refractivity contribution in [3.8, 4) is 0 Å². The first kappa shape index (κ1) is 14.5. The number of imidazole rings is 1. The molecule has 2 N–H and O–H groups in total. The maximum Gasteiger partial charge on any atom is 0.287 e. The first-order valence-electron chi connectivity index (χ1n) is 7.54. The molecule has 0 radical (unpaired) electrons. The predicted molar refractivity (Wildman–Crippen MR) is 82.6 cm³/mol. The van der Waals surface area contributed by atoms with Crippen LogP contribution < -0.4 is 10.2 Å². The van der Waals surface area contributed by atoms with Crippen LogP contribution in [-0.4, -0.2) is 45.5 Å². The van der Waals surface area contributed by atoms with Gasteiger partial charge in [0, 0.05) is 43.9 Å². The molecule has 7 heteroatoms. The van der Waals surface area contributed by atoms with Gasteiger partial charge in [0.2, 0.25) is 5.95 Å². The minimum absolute atomic E-state index is 0.152. The molecule has 7 nitrogen and oxygen atoms in total. The lowest BCUT2D eigenvalue weighted by atomic mass is 9.98. The zero-order chi connectivity index (χ0) is 15.4. The molecular weight excluding hydrogens is 280 g/mol. The van der Waals surface area contributed by atoms with Gasteiger partial charge in [0.05, 0.1) is 0 Å². The van der Waals surface area contributed by atoms with E-state index in [9.17, 15) is 4.79 Å². The van der Waals surface area contributed by atoms with Gasteiger partial charge in [-0.25, -0.2) is 15.0 Å². The van der Waals surface area contributed by atoms with E-state index in [1.807, 2.05) is 13.0 Å². The number of rotatable bonds is 4. The number of carbonyl (C=O) groups is 1.